The first-order valence-electron chi connectivity index (χ1n) is 6.33. The van der Waals surface area contributed by atoms with Crippen molar-refractivity contribution in [3.05, 3.63) is 34.1 Å². The molecule has 2 aliphatic rings. The molecule has 2 saturated heterocycles. The molecule has 1 aromatic rings. The molecule has 2 heterocycles. The molecule has 1 unspecified atom stereocenters. The zero-order valence-electron chi connectivity index (χ0n) is 10.4. The molecule has 3 rings (SSSR count). The highest BCUT2D eigenvalue weighted by atomic mass is 79.9. The molecule has 0 aromatic heterocycles. The summed E-state index contributed by atoms with van der Waals surface area (Å²) in [6, 6.07) is 5.25. The van der Waals surface area contributed by atoms with Gasteiger partial charge in [0.1, 0.15) is 5.82 Å². The van der Waals surface area contributed by atoms with Crippen molar-refractivity contribution in [1.29, 1.82) is 0 Å². The molecule has 1 aromatic carbocycles. The minimum atomic E-state index is -0.222. The Morgan fingerprint density at radius 3 is 3.00 bits per heavy atom. The van der Waals surface area contributed by atoms with Crippen molar-refractivity contribution in [2.24, 2.45) is 0 Å². The normalized spacial score (nSPS) is 23.4. The van der Waals surface area contributed by atoms with Crippen LogP contribution in [-0.2, 0) is 6.54 Å². The molecule has 0 saturated carbocycles. The minimum Gasteiger partial charge on any atom is -0.336 e. The summed E-state index contributed by atoms with van der Waals surface area (Å²) in [6.45, 7) is 3.84. The molecule has 19 heavy (non-hydrogen) atoms. The summed E-state index contributed by atoms with van der Waals surface area (Å²) in [4.78, 5) is 15.7. The molecule has 4 nitrogen and oxygen atoms in total. The Labute approximate surface area is 119 Å². The third-order valence-electron chi connectivity index (χ3n) is 3.65. The van der Waals surface area contributed by atoms with Crippen LogP contribution in [0, 0.1) is 5.82 Å². The van der Waals surface area contributed by atoms with Crippen LogP contribution in [0.3, 0.4) is 0 Å². The summed E-state index contributed by atoms with van der Waals surface area (Å²) in [5, 5.41) is 2.86. The molecule has 102 valence electrons. The van der Waals surface area contributed by atoms with Crippen molar-refractivity contribution in [3.63, 3.8) is 0 Å². The van der Waals surface area contributed by atoms with Gasteiger partial charge < -0.3 is 10.2 Å². The Kier molecular flexibility index (Phi) is 3.45. The predicted molar refractivity (Wildman–Crippen MR) is 73.3 cm³/mol. The number of hydrogen-bond acceptors (Lipinski definition) is 2. The van der Waals surface area contributed by atoms with Crippen LogP contribution in [0.15, 0.2) is 22.7 Å². The first-order valence-corrected chi connectivity index (χ1v) is 7.13. The summed E-state index contributed by atoms with van der Waals surface area (Å²) >= 11 is 3.31. The van der Waals surface area contributed by atoms with Gasteiger partial charge >= 0.3 is 6.03 Å². The molecule has 0 aliphatic carbocycles. The lowest BCUT2D eigenvalue weighted by Crippen LogP contribution is -2.51. The number of rotatable bonds is 2. The number of hydrogen-bond donors (Lipinski definition) is 1. The van der Waals surface area contributed by atoms with Crippen LogP contribution in [0.5, 0.6) is 0 Å². The molecular weight excluding hydrogens is 313 g/mol. The Morgan fingerprint density at radius 1 is 1.37 bits per heavy atom. The number of nitrogens with zero attached hydrogens (tertiary/aromatic N) is 2. The second-order valence-electron chi connectivity index (χ2n) is 5.05. The van der Waals surface area contributed by atoms with Crippen LogP contribution in [0.1, 0.15) is 5.56 Å². The van der Waals surface area contributed by atoms with E-state index in [1.54, 1.807) is 6.07 Å². The molecule has 0 spiro atoms. The van der Waals surface area contributed by atoms with E-state index >= 15 is 0 Å². The number of halogens is 2. The lowest BCUT2D eigenvalue weighted by molar-refractivity contribution is 0.116. The zero-order chi connectivity index (χ0) is 13.4. The van der Waals surface area contributed by atoms with Crippen molar-refractivity contribution >= 4 is 22.0 Å². The maximum Gasteiger partial charge on any atom is 0.317 e. The van der Waals surface area contributed by atoms with Crippen molar-refractivity contribution in [3.8, 4) is 0 Å². The maximum atomic E-state index is 13.3. The van der Waals surface area contributed by atoms with E-state index in [1.165, 1.54) is 6.07 Å². The van der Waals surface area contributed by atoms with E-state index in [0.717, 1.165) is 36.2 Å². The number of carbonyl (C=O) groups excluding carboxylic acids is 1. The topological polar surface area (TPSA) is 35.6 Å². The Balaban J connectivity index is 1.66. The van der Waals surface area contributed by atoms with Crippen molar-refractivity contribution in [2.45, 2.75) is 12.6 Å². The van der Waals surface area contributed by atoms with Crippen LogP contribution in [0.25, 0.3) is 0 Å². The monoisotopic (exact) mass is 327 g/mol. The van der Waals surface area contributed by atoms with Gasteiger partial charge in [0.25, 0.3) is 0 Å². The summed E-state index contributed by atoms with van der Waals surface area (Å²) in [5.74, 6) is -0.222. The van der Waals surface area contributed by atoms with Crippen LogP contribution in [0.2, 0.25) is 0 Å². The van der Waals surface area contributed by atoms with Crippen LogP contribution < -0.4 is 5.32 Å². The third kappa shape index (κ3) is 2.74. The average Bonchev–Trinajstić information content (AvgIpc) is 2.69. The van der Waals surface area contributed by atoms with Gasteiger partial charge in [-0.1, -0.05) is 15.9 Å². The van der Waals surface area contributed by atoms with Gasteiger partial charge in [0, 0.05) is 37.2 Å². The van der Waals surface area contributed by atoms with Gasteiger partial charge in [-0.2, -0.15) is 0 Å². The fourth-order valence-corrected chi connectivity index (χ4v) is 3.29. The first kappa shape index (κ1) is 12.9. The number of urea groups is 1. The molecule has 1 atom stereocenters. The smallest absolute Gasteiger partial charge is 0.317 e. The van der Waals surface area contributed by atoms with E-state index in [0.29, 0.717) is 6.54 Å². The molecular formula is C13H15BrFN3O. The number of benzene rings is 1. The van der Waals surface area contributed by atoms with Gasteiger partial charge in [0.2, 0.25) is 0 Å². The average molecular weight is 328 g/mol. The van der Waals surface area contributed by atoms with Gasteiger partial charge in [0.05, 0.1) is 6.04 Å². The number of fused-ring (bicyclic) bond motifs is 1. The fraction of sp³-hybridized carbons (Fsp3) is 0.462. The van der Waals surface area contributed by atoms with Crippen LogP contribution in [0.4, 0.5) is 9.18 Å². The summed E-state index contributed by atoms with van der Waals surface area (Å²) < 4.78 is 14.1. The highest BCUT2D eigenvalue weighted by molar-refractivity contribution is 9.10. The molecule has 2 amide bonds. The fourth-order valence-electron chi connectivity index (χ4n) is 2.77. The Morgan fingerprint density at radius 2 is 2.21 bits per heavy atom. The predicted octanol–water partition coefficient (Wildman–Crippen LogP) is 1.80. The lowest BCUT2D eigenvalue weighted by atomic mass is 10.1. The van der Waals surface area contributed by atoms with Gasteiger partial charge in [-0.05, 0) is 23.8 Å². The maximum absolute atomic E-state index is 13.3. The Hall–Kier alpha value is -1.14. The van der Waals surface area contributed by atoms with E-state index < -0.39 is 0 Å². The quantitative estimate of drug-likeness (QED) is 0.899. The zero-order valence-corrected chi connectivity index (χ0v) is 12.0. The number of piperazine rings is 1. The second kappa shape index (κ2) is 5.09. The van der Waals surface area contributed by atoms with Gasteiger partial charge in [-0.3, -0.25) is 4.90 Å². The van der Waals surface area contributed by atoms with E-state index in [2.05, 4.69) is 26.1 Å². The second-order valence-corrected chi connectivity index (χ2v) is 5.96. The molecule has 1 N–H and O–H groups in total. The van der Waals surface area contributed by atoms with Gasteiger partial charge in [0.15, 0.2) is 0 Å². The van der Waals surface area contributed by atoms with Crippen LogP contribution >= 0.6 is 15.9 Å². The van der Waals surface area contributed by atoms with Crippen molar-refractivity contribution < 1.29 is 9.18 Å². The third-order valence-corrected chi connectivity index (χ3v) is 4.10. The van der Waals surface area contributed by atoms with E-state index in [-0.39, 0.29) is 17.9 Å². The van der Waals surface area contributed by atoms with E-state index in [4.69, 9.17) is 0 Å². The minimum absolute atomic E-state index is 0.0400. The highest BCUT2D eigenvalue weighted by Crippen LogP contribution is 2.19. The van der Waals surface area contributed by atoms with Crippen LogP contribution in [-0.4, -0.2) is 48.1 Å². The first-order chi connectivity index (χ1) is 9.11. The SMILES string of the molecule is O=C1NCC2CN(Cc3cc(F)cc(Br)c3)CCN12. The van der Waals surface area contributed by atoms with Gasteiger partial charge in [-0.15, -0.1) is 0 Å². The highest BCUT2D eigenvalue weighted by Gasteiger charge is 2.35. The molecule has 6 heteroatoms. The Bertz CT molecular complexity index is 490. The number of carbonyl (C=O) groups is 1. The lowest BCUT2D eigenvalue weighted by Gasteiger charge is -2.36. The molecule has 2 fully saturated rings. The number of nitrogens with one attached hydrogen (secondary N) is 1. The standard InChI is InChI=1S/C13H15BrFN3O/c14-10-3-9(4-11(15)5-10)7-17-1-2-18-12(8-17)6-16-13(18)19/h3-5,12H,1-2,6-8H2,(H,16,19). The van der Waals surface area contributed by atoms with Crippen molar-refractivity contribution in [2.75, 3.05) is 26.2 Å². The summed E-state index contributed by atoms with van der Waals surface area (Å²) in [5.41, 5.74) is 0.956. The van der Waals surface area contributed by atoms with E-state index in [9.17, 15) is 9.18 Å². The van der Waals surface area contributed by atoms with Crippen molar-refractivity contribution in [1.82, 2.24) is 15.1 Å². The largest absolute Gasteiger partial charge is 0.336 e. The summed E-state index contributed by atoms with van der Waals surface area (Å²) in [6.07, 6.45) is 0. The molecule has 0 radical (unpaired) electrons. The summed E-state index contributed by atoms with van der Waals surface area (Å²) in [7, 11) is 0. The molecule has 0 bridgehead atoms. The molecule has 2 aliphatic heterocycles. The number of amides is 2. The van der Waals surface area contributed by atoms with Gasteiger partial charge in [-0.25, -0.2) is 9.18 Å². The van der Waals surface area contributed by atoms with E-state index in [1.807, 2.05) is 11.0 Å².